The van der Waals surface area contributed by atoms with Crippen LogP contribution in [0.15, 0.2) is 18.2 Å². The van der Waals surface area contributed by atoms with E-state index in [0.29, 0.717) is 0 Å². The molecule has 1 rings (SSSR count). The molecule has 2 nitrogen and oxygen atoms in total. The molecule has 0 aliphatic heterocycles. The van der Waals surface area contributed by atoms with E-state index in [1.165, 1.54) is 16.7 Å². The topological polar surface area (TPSA) is 35.8 Å². The van der Waals surface area contributed by atoms with Crippen LogP contribution in [0.25, 0.3) is 0 Å². The van der Waals surface area contributed by atoms with Gasteiger partial charge in [0.05, 0.1) is 6.07 Å². The van der Waals surface area contributed by atoms with Crippen LogP contribution < -0.4 is 5.32 Å². The van der Waals surface area contributed by atoms with E-state index in [-0.39, 0.29) is 6.04 Å². The summed E-state index contributed by atoms with van der Waals surface area (Å²) in [6.45, 7) is 7.12. The molecule has 0 bridgehead atoms. The Bertz CT molecular complexity index is 375. The van der Waals surface area contributed by atoms with Gasteiger partial charge in [0.1, 0.15) is 6.04 Å². The molecule has 3 heteroatoms. The zero-order chi connectivity index (χ0) is 12.7. The third-order valence-electron chi connectivity index (χ3n) is 2.44. The quantitative estimate of drug-likeness (QED) is 0.840. The molecular weight excluding hydrogens is 228 g/mol. The summed E-state index contributed by atoms with van der Waals surface area (Å²) in [5.41, 5.74) is 3.97. The molecule has 0 radical (unpaired) electrons. The van der Waals surface area contributed by atoms with Crippen molar-refractivity contribution >= 4 is 11.8 Å². The van der Waals surface area contributed by atoms with Crippen molar-refractivity contribution < 1.29 is 0 Å². The van der Waals surface area contributed by atoms with E-state index in [2.05, 4.69) is 43.4 Å². The molecule has 1 aromatic carbocycles. The molecule has 92 valence electrons. The summed E-state index contributed by atoms with van der Waals surface area (Å²) in [4.78, 5) is 0. The molecule has 1 aromatic rings. The first-order chi connectivity index (χ1) is 8.15. The predicted molar refractivity (Wildman–Crippen MR) is 75.2 cm³/mol. The van der Waals surface area contributed by atoms with Gasteiger partial charge in [0, 0.05) is 11.5 Å². The molecule has 1 N–H and O–H groups in total. The molecule has 0 amide bonds. The predicted octanol–water partition coefficient (Wildman–Crippen LogP) is 3.04. The summed E-state index contributed by atoms with van der Waals surface area (Å²) in [7, 11) is 0. The highest BCUT2D eigenvalue weighted by Crippen LogP contribution is 2.16. The van der Waals surface area contributed by atoms with Crippen molar-refractivity contribution in [3.05, 3.63) is 34.9 Å². The first-order valence-corrected chi connectivity index (χ1v) is 7.09. The average Bonchev–Trinajstić information content (AvgIpc) is 2.26. The Hall–Kier alpha value is -0.980. The Morgan fingerprint density at radius 3 is 2.47 bits per heavy atom. The van der Waals surface area contributed by atoms with Crippen molar-refractivity contribution in [3.63, 3.8) is 0 Å². The van der Waals surface area contributed by atoms with Crippen LogP contribution in [0, 0.1) is 25.2 Å². The SMILES string of the molecule is CCNC(C#N)CSCc1cc(C)cc(C)c1. The first kappa shape index (κ1) is 14.1. The third-order valence-corrected chi connectivity index (χ3v) is 3.55. The highest BCUT2D eigenvalue weighted by molar-refractivity contribution is 7.98. The van der Waals surface area contributed by atoms with Gasteiger partial charge in [0.25, 0.3) is 0 Å². The third kappa shape index (κ3) is 5.25. The van der Waals surface area contributed by atoms with E-state index in [0.717, 1.165) is 18.1 Å². The number of hydrogen-bond donors (Lipinski definition) is 1. The Morgan fingerprint density at radius 1 is 1.29 bits per heavy atom. The fraction of sp³-hybridized carbons (Fsp3) is 0.500. The number of hydrogen-bond acceptors (Lipinski definition) is 3. The fourth-order valence-corrected chi connectivity index (χ4v) is 2.78. The van der Waals surface area contributed by atoms with Crippen LogP contribution in [0.2, 0.25) is 0 Å². The molecule has 1 atom stereocenters. The summed E-state index contributed by atoms with van der Waals surface area (Å²) >= 11 is 1.81. The molecule has 0 heterocycles. The standard InChI is InChI=1S/C14H20N2S/c1-4-16-14(8-15)10-17-9-13-6-11(2)5-12(3)7-13/h5-7,14,16H,4,9-10H2,1-3H3. The Labute approximate surface area is 108 Å². The molecule has 0 aromatic heterocycles. The summed E-state index contributed by atoms with van der Waals surface area (Å²) in [5, 5.41) is 12.1. The van der Waals surface area contributed by atoms with Crippen molar-refractivity contribution in [1.29, 1.82) is 5.26 Å². The number of thioether (sulfide) groups is 1. The zero-order valence-electron chi connectivity index (χ0n) is 10.8. The molecule has 0 aliphatic rings. The smallest absolute Gasteiger partial charge is 0.104 e. The van der Waals surface area contributed by atoms with E-state index in [1.54, 1.807) is 0 Å². The monoisotopic (exact) mass is 248 g/mol. The molecule has 0 saturated carbocycles. The molecule has 17 heavy (non-hydrogen) atoms. The van der Waals surface area contributed by atoms with Gasteiger partial charge >= 0.3 is 0 Å². The number of nitrogens with one attached hydrogen (secondary N) is 1. The lowest BCUT2D eigenvalue weighted by Gasteiger charge is -2.09. The van der Waals surface area contributed by atoms with Crippen molar-refractivity contribution in [2.75, 3.05) is 12.3 Å². The molecule has 0 saturated heterocycles. The van der Waals surface area contributed by atoms with Crippen molar-refractivity contribution in [2.45, 2.75) is 32.6 Å². The fourth-order valence-electron chi connectivity index (χ4n) is 1.84. The summed E-state index contributed by atoms with van der Waals surface area (Å²) in [6, 6.07) is 8.87. The highest BCUT2D eigenvalue weighted by Gasteiger charge is 2.05. The lowest BCUT2D eigenvalue weighted by molar-refractivity contribution is 0.677. The molecule has 1 unspecified atom stereocenters. The minimum atomic E-state index is -0.0316. The lowest BCUT2D eigenvalue weighted by atomic mass is 10.1. The summed E-state index contributed by atoms with van der Waals surface area (Å²) < 4.78 is 0. The second-order valence-corrected chi connectivity index (χ2v) is 5.28. The highest BCUT2D eigenvalue weighted by atomic mass is 32.2. The van der Waals surface area contributed by atoms with Gasteiger partial charge in [-0.2, -0.15) is 17.0 Å². The number of nitrogens with zero attached hydrogens (tertiary/aromatic N) is 1. The van der Waals surface area contributed by atoms with E-state index < -0.39 is 0 Å². The summed E-state index contributed by atoms with van der Waals surface area (Å²) in [5.74, 6) is 1.82. The van der Waals surface area contributed by atoms with Gasteiger partial charge in [-0.25, -0.2) is 0 Å². The van der Waals surface area contributed by atoms with Gasteiger partial charge in [-0.3, -0.25) is 0 Å². The van der Waals surface area contributed by atoms with Crippen LogP contribution >= 0.6 is 11.8 Å². The largest absolute Gasteiger partial charge is 0.302 e. The van der Waals surface area contributed by atoms with Crippen molar-refractivity contribution in [3.8, 4) is 6.07 Å². The molecule has 0 fully saturated rings. The number of rotatable bonds is 6. The van der Waals surface area contributed by atoms with E-state index >= 15 is 0 Å². The van der Waals surface area contributed by atoms with Gasteiger partial charge < -0.3 is 5.32 Å². The van der Waals surface area contributed by atoms with Gasteiger partial charge in [0.15, 0.2) is 0 Å². The van der Waals surface area contributed by atoms with Crippen LogP contribution in [-0.4, -0.2) is 18.3 Å². The van der Waals surface area contributed by atoms with Gasteiger partial charge in [-0.05, 0) is 26.0 Å². The van der Waals surface area contributed by atoms with Crippen molar-refractivity contribution in [1.82, 2.24) is 5.32 Å². The van der Waals surface area contributed by atoms with E-state index in [4.69, 9.17) is 5.26 Å². The number of aryl methyl sites for hydroxylation is 2. The molecule has 0 aliphatic carbocycles. The maximum absolute atomic E-state index is 8.92. The average molecular weight is 248 g/mol. The Kier molecular flexibility index (Phi) is 6.10. The molecule has 0 spiro atoms. The Morgan fingerprint density at radius 2 is 1.94 bits per heavy atom. The van der Waals surface area contributed by atoms with Gasteiger partial charge in [0.2, 0.25) is 0 Å². The summed E-state index contributed by atoms with van der Waals surface area (Å²) in [6.07, 6.45) is 0. The number of benzene rings is 1. The molecular formula is C14H20N2S. The Balaban J connectivity index is 2.42. The second-order valence-electron chi connectivity index (χ2n) is 4.25. The van der Waals surface area contributed by atoms with Crippen LogP contribution in [0.1, 0.15) is 23.6 Å². The lowest BCUT2D eigenvalue weighted by Crippen LogP contribution is -2.29. The van der Waals surface area contributed by atoms with Crippen LogP contribution in [0.3, 0.4) is 0 Å². The maximum Gasteiger partial charge on any atom is 0.104 e. The van der Waals surface area contributed by atoms with E-state index in [9.17, 15) is 0 Å². The van der Waals surface area contributed by atoms with Crippen molar-refractivity contribution in [2.24, 2.45) is 0 Å². The minimum Gasteiger partial charge on any atom is -0.302 e. The maximum atomic E-state index is 8.92. The van der Waals surface area contributed by atoms with Gasteiger partial charge in [-0.15, -0.1) is 0 Å². The number of nitriles is 1. The van der Waals surface area contributed by atoms with Crippen LogP contribution in [0.5, 0.6) is 0 Å². The van der Waals surface area contributed by atoms with Crippen LogP contribution in [-0.2, 0) is 5.75 Å². The zero-order valence-corrected chi connectivity index (χ0v) is 11.6. The van der Waals surface area contributed by atoms with E-state index in [1.807, 2.05) is 18.7 Å². The first-order valence-electron chi connectivity index (χ1n) is 5.93. The van der Waals surface area contributed by atoms with Crippen LogP contribution in [0.4, 0.5) is 0 Å². The normalized spacial score (nSPS) is 12.1. The minimum absolute atomic E-state index is 0.0316. The van der Waals surface area contributed by atoms with Gasteiger partial charge in [-0.1, -0.05) is 36.2 Å². The second kappa shape index (κ2) is 7.37.